The molecule has 5 nitrogen and oxygen atoms in total. The minimum Gasteiger partial charge on any atom is -0.481 e. The van der Waals surface area contributed by atoms with Gasteiger partial charge in [-0.2, -0.15) is 0 Å². The summed E-state index contributed by atoms with van der Waals surface area (Å²) in [6.45, 7) is 5.48. The van der Waals surface area contributed by atoms with Crippen LogP contribution < -0.4 is 4.90 Å². The number of fused-ring (bicyclic) bond motifs is 1. The monoisotopic (exact) mass is 285 g/mol. The molecule has 0 bridgehead atoms. The summed E-state index contributed by atoms with van der Waals surface area (Å²) in [5.41, 5.74) is 2.10. The Morgan fingerprint density at radius 3 is 2.90 bits per heavy atom. The van der Waals surface area contributed by atoms with Crippen LogP contribution in [0.1, 0.15) is 18.9 Å². The second-order valence-electron chi connectivity index (χ2n) is 5.83. The van der Waals surface area contributed by atoms with E-state index >= 15 is 0 Å². The minimum atomic E-state index is -0.689. The molecule has 1 aromatic heterocycles. The molecular formula is C16H19N3O2. The van der Waals surface area contributed by atoms with Crippen LogP contribution in [0.15, 0.2) is 24.5 Å². The summed E-state index contributed by atoms with van der Waals surface area (Å²) in [4.78, 5) is 22.2. The second kappa shape index (κ2) is 5.31. The van der Waals surface area contributed by atoms with Crippen molar-refractivity contribution >= 4 is 22.7 Å². The largest absolute Gasteiger partial charge is 0.481 e. The number of aromatic nitrogens is 2. The molecule has 0 spiro atoms. The van der Waals surface area contributed by atoms with E-state index in [4.69, 9.17) is 0 Å². The summed E-state index contributed by atoms with van der Waals surface area (Å²) < 4.78 is 0. The molecule has 0 aliphatic carbocycles. The van der Waals surface area contributed by atoms with E-state index in [1.807, 2.05) is 32.0 Å². The number of piperidine rings is 1. The molecule has 5 heteroatoms. The van der Waals surface area contributed by atoms with Crippen molar-refractivity contribution < 1.29 is 9.90 Å². The molecule has 3 rings (SSSR count). The van der Waals surface area contributed by atoms with Gasteiger partial charge in [-0.25, -0.2) is 9.97 Å². The zero-order valence-electron chi connectivity index (χ0n) is 12.3. The average Bonchev–Trinajstić information content (AvgIpc) is 2.46. The number of rotatable bonds is 2. The lowest BCUT2D eigenvalue weighted by atomic mass is 9.87. The van der Waals surface area contributed by atoms with Crippen molar-refractivity contribution in [3.8, 4) is 0 Å². The smallest absolute Gasteiger partial charge is 0.306 e. The van der Waals surface area contributed by atoms with E-state index in [2.05, 4.69) is 14.9 Å². The van der Waals surface area contributed by atoms with Gasteiger partial charge in [0.1, 0.15) is 12.1 Å². The van der Waals surface area contributed by atoms with Crippen molar-refractivity contribution in [1.29, 1.82) is 0 Å². The molecule has 1 aliphatic heterocycles. The van der Waals surface area contributed by atoms with Gasteiger partial charge >= 0.3 is 5.97 Å². The Kier molecular flexibility index (Phi) is 3.49. The Bertz CT molecular complexity index is 686. The Hall–Kier alpha value is -2.17. The van der Waals surface area contributed by atoms with E-state index < -0.39 is 5.97 Å². The van der Waals surface area contributed by atoms with Gasteiger partial charge in [-0.05, 0) is 30.9 Å². The standard InChI is InChI=1S/C16H19N3O2/c1-10-4-3-5-13-14(10)17-9-18-15(13)19-7-6-12(16(20)21)11(2)8-19/h3-5,9,11-12H,6-8H2,1-2H3,(H,20,21)/t11-,12+/m1/s1. The zero-order valence-corrected chi connectivity index (χ0v) is 12.3. The second-order valence-corrected chi connectivity index (χ2v) is 5.83. The summed E-state index contributed by atoms with van der Waals surface area (Å²) in [6.07, 6.45) is 2.26. The normalized spacial score (nSPS) is 22.5. The minimum absolute atomic E-state index is 0.117. The van der Waals surface area contributed by atoms with E-state index in [1.165, 1.54) is 0 Å². The molecule has 2 heterocycles. The van der Waals surface area contributed by atoms with Gasteiger partial charge in [0, 0.05) is 18.5 Å². The maximum absolute atomic E-state index is 11.2. The van der Waals surface area contributed by atoms with E-state index in [-0.39, 0.29) is 11.8 Å². The van der Waals surface area contributed by atoms with Crippen LogP contribution in [0, 0.1) is 18.8 Å². The zero-order chi connectivity index (χ0) is 15.0. The lowest BCUT2D eigenvalue weighted by Crippen LogP contribution is -2.42. The molecule has 0 unspecified atom stereocenters. The number of hydrogen-bond donors (Lipinski definition) is 1. The summed E-state index contributed by atoms with van der Waals surface area (Å²) in [5, 5.41) is 10.3. The maximum atomic E-state index is 11.2. The first-order valence-electron chi connectivity index (χ1n) is 7.26. The highest BCUT2D eigenvalue weighted by atomic mass is 16.4. The van der Waals surface area contributed by atoms with Crippen LogP contribution >= 0.6 is 0 Å². The highest BCUT2D eigenvalue weighted by Gasteiger charge is 2.32. The number of nitrogens with zero attached hydrogens (tertiary/aromatic N) is 3. The van der Waals surface area contributed by atoms with Gasteiger partial charge in [0.15, 0.2) is 0 Å². The number of benzene rings is 1. The number of hydrogen-bond acceptors (Lipinski definition) is 4. The maximum Gasteiger partial charge on any atom is 0.306 e. The van der Waals surface area contributed by atoms with E-state index in [1.54, 1.807) is 6.33 Å². The van der Waals surface area contributed by atoms with Crippen molar-refractivity contribution in [1.82, 2.24) is 9.97 Å². The molecule has 1 aliphatic rings. The first kappa shape index (κ1) is 13.8. The van der Waals surface area contributed by atoms with Gasteiger partial charge in [-0.3, -0.25) is 4.79 Å². The lowest BCUT2D eigenvalue weighted by molar-refractivity contribution is -0.144. The summed E-state index contributed by atoms with van der Waals surface area (Å²) >= 11 is 0. The van der Waals surface area contributed by atoms with E-state index in [9.17, 15) is 9.90 Å². The molecule has 1 aromatic carbocycles. The fourth-order valence-corrected chi connectivity index (χ4v) is 3.18. The van der Waals surface area contributed by atoms with Crippen molar-refractivity contribution in [2.45, 2.75) is 20.3 Å². The van der Waals surface area contributed by atoms with Crippen molar-refractivity contribution in [2.24, 2.45) is 11.8 Å². The van der Waals surface area contributed by atoms with Gasteiger partial charge in [-0.15, -0.1) is 0 Å². The molecule has 21 heavy (non-hydrogen) atoms. The van der Waals surface area contributed by atoms with Crippen LogP contribution in [0.4, 0.5) is 5.82 Å². The molecule has 2 aromatic rings. The first-order valence-corrected chi connectivity index (χ1v) is 7.26. The van der Waals surface area contributed by atoms with Crippen molar-refractivity contribution in [2.75, 3.05) is 18.0 Å². The predicted molar refractivity (Wildman–Crippen MR) is 81.4 cm³/mol. The van der Waals surface area contributed by atoms with Crippen LogP contribution in [-0.2, 0) is 4.79 Å². The molecule has 110 valence electrons. The summed E-state index contributed by atoms with van der Waals surface area (Å²) in [5.74, 6) is 0.0899. The van der Waals surface area contributed by atoms with Crippen LogP contribution in [0.25, 0.3) is 10.9 Å². The third-order valence-electron chi connectivity index (χ3n) is 4.37. The Labute approximate surface area is 123 Å². The predicted octanol–water partition coefficient (Wildman–Crippen LogP) is 2.49. The summed E-state index contributed by atoms with van der Waals surface area (Å²) in [6, 6.07) is 6.09. The number of anilines is 1. The molecule has 0 saturated carbocycles. The summed E-state index contributed by atoms with van der Waals surface area (Å²) in [7, 11) is 0. The number of para-hydroxylation sites is 1. The first-order chi connectivity index (χ1) is 10.1. The average molecular weight is 285 g/mol. The highest BCUT2D eigenvalue weighted by Crippen LogP contribution is 2.30. The van der Waals surface area contributed by atoms with Crippen LogP contribution in [0.3, 0.4) is 0 Å². The van der Waals surface area contributed by atoms with Gasteiger partial charge < -0.3 is 10.0 Å². The van der Waals surface area contributed by atoms with Crippen LogP contribution in [0.5, 0.6) is 0 Å². The number of carbonyl (C=O) groups is 1. The Balaban J connectivity index is 1.95. The third kappa shape index (κ3) is 2.44. The highest BCUT2D eigenvalue weighted by molar-refractivity contribution is 5.91. The topological polar surface area (TPSA) is 66.3 Å². The van der Waals surface area contributed by atoms with Gasteiger partial charge in [0.05, 0.1) is 11.4 Å². The molecular weight excluding hydrogens is 266 g/mol. The number of aryl methyl sites for hydroxylation is 1. The Morgan fingerprint density at radius 2 is 2.19 bits per heavy atom. The molecule has 1 fully saturated rings. The third-order valence-corrected chi connectivity index (χ3v) is 4.37. The molecule has 1 N–H and O–H groups in total. The van der Waals surface area contributed by atoms with Gasteiger partial charge in [0.25, 0.3) is 0 Å². The lowest BCUT2D eigenvalue weighted by Gasteiger charge is -2.36. The van der Waals surface area contributed by atoms with E-state index in [0.717, 1.165) is 35.4 Å². The van der Waals surface area contributed by atoms with Crippen molar-refractivity contribution in [3.63, 3.8) is 0 Å². The number of aliphatic carboxylic acids is 1. The molecule has 1 saturated heterocycles. The molecule has 0 amide bonds. The van der Waals surface area contributed by atoms with Gasteiger partial charge in [-0.1, -0.05) is 19.1 Å². The SMILES string of the molecule is Cc1cccc2c(N3CC[C@H](C(=O)O)[C@H](C)C3)ncnc12. The fourth-order valence-electron chi connectivity index (χ4n) is 3.18. The number of carboxylic acids is 1. The van der Waals surface area contributed by atoms with Crippen molar-refractivity contribution in [3.05, 3.63) is 30.1 Å². The Morgan fingerprint density at radius 1 is 1.38 bits per heavy atom. The molecule has 0 radical (unpaired) electrons. The number of carboxylic acid groups (broad SMARTS) is 1. The van der Waals surface area contributed by atoms with E-state index in [0.29, 0.717) is 6.42 Å². The quantitative estimate of drug-likeness (QED) is 0.918. The van der Waals surface area contributed by atoms with Crippen LogP contribution in [-0.4, -0.2) is 34.1 Å². The molecule has 2 atom stereocenters. The van der Waals surface area contributed by atoms with Crippen LogP contribution in [0.2, 0.25) is 0 Å². The fraction of sp³-hybridized carbons (Fsp3) is 0.438. The van der Waals surface area contributed by atoms with Gasteiger partial charge in [0.2, 0.25) is 0 Å².